The number of rotatable bonds is 6. The van der Waals surface area contributed by atoms with E-state index in [-0.39, 0.29) is 6.10 Å². The number of nitrogens with one attached hydrogen (secondary N) is 1. The number of carbonyl (C=O) groups is 2. The SMILES string of the molecule is CC(C)OCc1ccc(C(=O)N[C@@H](C)C(=O)O)cc1. The van der Waals surface area contributed by atoms with Crippen molar-refractivity contribution >= 4 is 11.9 Å². The third kappa shape index (κ3) is 5.09. The Balaban J connectivity index is 2.60. The van der Waals surface area contributed by atoms with Crippen molar-refractivity contribution in [3.8, 4) is 0 Å². The van der Waals surface area contributed by atoms with E-state index in [0.29, 0.717) is 12.2 Å². The molecule has 1 amide bonds. The van der Waals surface area contributed by atoms with Crippen molar-refractivity contribution in [3.05, 3.63) is 35.4 Å². The van der Waals surface area contributed by atoms with Crippen molar-refractivity contribution in [3.63, 3.8) is 0 Å². The van der Waals surface area contributed by atoms with E-state index in [1.54, 1.807) is 24.3 Å². The van der Waals surface area contributed by atoms with Crippen LogP contribution in [-0.2, 0) is 16.1 Å². The first-order valence-corrected chi connectivity index (χ1v) is 6.14. The Morgan fingerprint density at radius 3 is 2.26 bits per heavy atom. The first kappa shape index (κ1) is 15.2. The highest BCUT2D eigenvalue weighted by atomic mass is 16.5. The molecule has 104 valence electrons. The summed E-state index contributed by atoms with van der Waals surface area (Å²) in [5, 5.41) is 11.1. The summed E-state index contributed by atoms with van der Waals surface area (Å²) in [6.45, 7) is 5.82. The van der Waals surface area contributed by atoms with Crippen LogP contribution < -0.4 is 5.32 Å². The van der Waals surface area contributed by atoms with Crippen LogP contribution in [0.5, 0.6) is 0 Å². The predicted molar refractivity (Wildman–Crippen MR) is 70.9 cm³/mol. The third-order valence-corrected chi connectivity index (χ3v) is 2.52. The van der Waals surface area contributed by atoms with Gasteiger partial charge in [-0.3, -0.25) is 9.59 Å². The van der Waals surface area contributed by atoms with Crippen molar-refractivity contribution in [2.45, 2.75) is 39.5 Å². The normalized spacial score (nSPS) is 12.2. The standard InChI is InChI=1S/C14H19NO4/c1-9(2)19-8-11-4-6-12(7-5-11)13(16)15-10(3)14(17)18/h4-7,9-10H,8H2,1-3H3,(H,15,16)(H,17,18)/t10-/m0/s1. The predicted octanol–water partition coefficient (Wildman–Crippen LogP) is 1.81. The van der Waals surface area contributed by atoms with E-state index < -0.39 is 17.9 Å². The van der Waals surface area contributed by atoms with Gasteiger partial charge in [0.15, 0.2) is 0 Å². The molecule has 19 heavy (non-hydrogen) atoms. The van der Waals surface area contributed by atoms with Gasteiger partial charge in [-0.1, -0.05) is 12.1 Å². The molecule has 0 spiro atoms. The highest BCUT2D eigenvalue weighted by Crippen LogP contribution is 2.07. The zero-order valence-corrected chi connectivity index (χ0v) is 11.3. The number of hydrogen-bond donors (Lipinski definition) is 2. The van der Waals surface area contributed by atoms with Gasteiger partial charge in [0.2, 0.25) is 0 Å². The molecule has 2 N–H and O–H groups in total. The van der Waals surface area contributed by atoms with E-state index >= 15 is 0 Å². The minimum absolute atomic E-state index is 0.152. The summed E-state index contributed by atoms with van der Waals surface area (Å²) in [7, 11) is 0. The maximum absolute atomic E-state index is 11.7. The lowest BCUT2D eigenvalue weighted by Crippen LogP contribution is -2.38. The monoisotopic (exact) mass is 265 g/mol. The average Bonchev–Trinajstić information content (AvgIpc) is 2.36. The lowest BCUT2D eigenvalue weighted by molar-refractivity contribution is -0.138. The van der Waals surface area contributed by atoms with Crippen molar-refractivity contribution in [2.24, 2.45) is 0 Å². The summed E-state index contributed by atoms with van der Waals surface area (Å²) in [6, 6.07) is 5.99. The molecule has 1 aromatic carbocycles. The molecule has 5 heteroatoms. The Morgan fingerprint density at radius 1 is 1.21 bits per heavy atom. The molecular weight excluding hydrogens is 246 g/mol. The second kappa shape index (κ2) is 6.89. The average molecular weight is 265 g/mol. The van der Waals surface area contributed by atoms with Gasteiger partial charge in [0.1, 0.15) is 6.04 Å². The summed E-state index contributed by atoms with van der Waals surface area (Å²) in [6.07, 6.45) is 0.152. The number of amides is 1. The molecular formula is C14H19NO4. The van der Waals surface area contributed by atoms with Gasteiger partial charge in [-0.2, -0.15) is 0 Å². The number of carbonyl (C=O) groups excluding carboxylic acids is 1. The zero-order chi connectivity index (χ0) is 14.4. The molecule has 1 aromatic rings. The van der Waals surface area contributed by atoms with Gasteiger partial charge in [-0.15, -0.1) is 0 Å². The molecule has 0 saturated carbocycles. The summed E-state index contributed by atoms with van der Waals surface area (Å²) in [5.74, 6) is -1.46. The van der Waals surface area contributed by atoms with Crippen LogP contribution in [0.25, 0.3) is 0 Å². The van der Waals surface area contributed by atoms with E-state index in [4.69, 9.17) is 9.84 Å². The van der Waals surface area contributed by atoms with E-state index in [0.717, 1.165) is 5.56 Å². The van der Waals surface area contributed by atoms with Crippen LogP contribution in [0.15, 0.2) is 24.3 Å². The number of carboxylic acids is 1. The fourth-order valence-corrected chi connectivity index (χ4v) is 1.36. The molecule has 0 bridgehead atoms. The quantitative estimate of drug-likeness (QED) is 0.822. The summed E-state index contributed by atoms with van der Waals surface area (Å²) < 4.78 is 5.45. The molecule has 5 nitrogen and oxygen atoms in total. The zero-order valence-electron chi connectivity index (χ0n) is 11.3. The Morgan fingerprint density at radius 2 is 1.79 bits per heavy atom. The summed E-state index contributed by atoms with van der Waals surface area (Å²) >= 11 is 0. The van der Waals surface area contributed by atoms with Crippen LogP contribution >= 0.6 is 0 Å². The Kier molecular flexibility index (Phi) is 5.51. The maximum atomic E-state index is 11.7. The Bertz CT molecular complexity index is 439. The van der Waals surface area contributed by atoms with Crippen LogP contribution in [0.1, 0.15) is 36.7 Å². The molecule has 0 aliphatic rings. The number of aliphatic carboxylic acids is 1. The Labute approximate surface area is 112 Å². The molecule has 0 heterocycles. The van der Waals surface area contributed by atoms with E-state index in [2.05, 4.69) is 5.32 Å². The van der Waals surface area contributed by atoms with Gasteiger partial charge in [0, 0.05) is 5.56 Å². The number of benzene rings is 1. The fraction of sp³-hybridized carbons (Fsp3) is 0.429. The molecule has 0 fully saturated rings. The molecule has 0 saturated heterocycles. The molecule has 1 atom stereocenters. The van der Waals surface area contributed by atoms with Gasteiger partial charge in [0.25, 0.3) is 5.91 Å². The highest BCUT2D eigenvalue weighted by molar-refractivity contribution is 5.96. The third-order valence-electron chi connectivity index (χ3n) is 2.52. The summed E-state index contributed by atoms with van der Waals surface area (Å²) in [5.41, 5.74) is 1.40. The molecule has 0 aliphatic heterocycles. The molecule has 0 unspecified atom stereocenters. The second-order valence-corrected chi connectivity index (χ2v) is 4.59. The van der Waals surface area contributed by atoms with Gasteiger partial charge in [-0.05, 0) is 38.5 Å². The summed E-state index contributed by atoms with van der Waals surface area (Å²) in [4.78, 5) is 22.4. The van der Waals surface area contributed by atoms with Crippen molar-refractivity contribution < 1.29 is 19.4 Å². The fourth-order valence-electron chi connectivity index (χ4n) is 1.36. The van der Waals surface area contributed by atoms with Crippen LogP contribution in [0.2, 0.25) is 0 Å². The first-order valence-electron chi connectivity index (χ1n) is 6.14. The lowest BCUT2D eigenvalue weighted by atomic mass is 10.1. The first-order chi connectivity index (χ1) is 8.90. The molecule has 0 aliphatic carbocycles. The lowest BCUT2D eigenvalue weighted by Gasteiger charge is -2.10. The number of carboxylic acid groups (broad SMARTS) is 1. The van der Waals surface area contributed by atoms with Crippen molar-refractivity contribution in [1.82, 2.24) is 5.32 Å². The molecule has 0 aromatic heterocycles. The van der Waals surface area contributed by atoms with Crippen LogP contribution in [0, 0.1) is 0 Å². The minimum atomic E-state index is -1.06. The highest BCUT2D eigenvalue weighted by Gasteiger charge is 2.14. The van der Waals surface area contributed by atoms with E-state index in [1.807, 2.05) is 13.8 Å². The van der Waals surface area contributed by atoms with Gasteiger partial charge in [-0.25, -0.2) is 0 Å². The van der Waals surface area contributed by atoms with Crippen LogP contribution in [0.4, 0.5) is 0 Å². The van der Waals surface area contributed by atoms with Crippen molar-refractivity contribution in [1.29, 1.82) is 0 Å². The topological polar surface area (TPSA) is 75.6 Å². The van der Waals surface area contributed by atoms with Crippen LogP contribution in [0.3, 0.4) is 0 Å². The van der Waals surface area contributed by atoms with Gasteiger partial charge in [0.05, 0.1) is 12.7 Å². The smallest absolute Gasteiger partial charge is 0.325 e. The second-order valence-electron chi connectivity index (χ2n) is 4.59. The minimum Gasteiger partial charge on any atom is -0.480 e. The van der Waals surface area contributed by atoms with Gasteiger partial charge >= 0.3 is 5.97 Å². The molecule has 0 radical (unpaired) electrons. The van der Waals surface area contributed by atoms with Crippen LogP contribution in [-0.4, -0.2) is 29.1 Å². The van der Waals surface area contributed by atoms with Crippen molar-refractivity contribution in [2.75, 3.05) is 0 Å². The number of ether oxygens (including phenoxy) is 1. The number of hydrogen-bond acceptors (Lipinski definition) is 3. The van der Waals surface area contributed by atoms with Gasteiger partial charge < -0.3 is 15.2 Å². The largest absolute Gasteiger partial charge is 0.480 e. The van der Waals surface area contributed by atoms with E-state index in [1.165, 1.54) is 6.92 Å². The molecule has 1 rings (SSSR count). The Hall–Kier alpha value is -1.88. The van der Waals surface area contributed by atoms with E-state index in [9.17, 15) is 9.59 Å². The maximum Gasteiger partial charge on any atom is 0.325 e.